The molecule has 0 radical (unpaired) electrons. The molecule has 1 aromatic heterocycles. The Hall–Kier alpha value is -3.57. The zero-order chi connectivity index (χ0) is 17.8. The Morgan fingerprint density at radius 3 is 1.92 bits per heavy atom. The highest BCUT2D eigenvalue weighted by Crippen LogP contribution is 2.28. The molecular formula is C24H18N2. The topological polar surface area (TPSA) is 17.8 Å². The maximum absolute atomic E-state index is 4.77. The molecule has 0 aliphatic carbocycles. The van der Waals surface area contributed by atoms with Crippen LogP contribution in [-0.4, -0.2) is 9.55 Å². The van der Waals surface area contributed by atoms with Crippen molar-refractivity contribution in [3.63, 3.8) is 0 Å². The molecule has 0 aliphatic rings. The van der Waals surface area contributed by atoms with Crippen molar-refractivity contribution in [2.24, 2.45) is 0 Å². The van der Waals surface area contributed by atoms with Gasteiger partial charge in [-0.25, -0.2) is 4.98 Å². The quantitative estimate of drug-likeness (QED) is 0.458. The van der Waals surface area contributed by atoms with E-state index in [4.69, 9.17) is 4.98 Å². The minimum absolute atomic E-state index is 0.793. The minimum atomic E-state index is 0.793. The van der Waals surface area contributed by atoms with Crippen LogP contribution in [0.3, 0.4) is 0 Å². The lowest BCUT2D eigenvalue weighted by molar-refractivity contribution is 0.980. The Kier molecular flexibility index (Phi) is 4.37. The highest BCUT2D eigenvalue weighted by atomic mass is 15.1. The highest BCUT2D eigenvalue weighted by molar-refractivity contribution is 5.69. The van der Waals surface area contributed by atoms with E-state index in [2.05, 4.69) is 40.7 Å². The van der Waals surface area contributed by atoms with Crippen LogP contribution in [-0.2, 0) is 0 Å². The molecule has 0 unspecified atom stereocenters. The Balaban J connectivity index is 1.92. The first-order chi connectivity index (χ1) is 12.8. The standard InChI is InChI=1S/C24H18N2/c1-19-25-23(18-17-20-11-5-2-6-12-20)24(21-13-7-3-8-14-21)26(19)22-15-9-4-10-16-22/h2-16H,1H3. The second kappa shape index (κ2) is 7.13. The zero-order valence-electron chi connectivity index (χ0n) is 14.6. The fourth-order valence-electron chi connectivity index (χ4n) is 3.03. The van der Waals surface area contributed by atoms with Gasteiger partial charge in [-0.2, -0.15) is 0 Å². The van der Waals surface area contributed by atoms with Crippen LogP contribution in [0.15, 0.2) is 91.0 Å². The van der Waals surface area contributed by atoms with E-state index in [-0.39, 0.29) is 0 Å². The normalized spacial score (nSPS) is 10.2. The van der Waals surface area contributed by atoms with Crippen LogP contribution in [0.1, 0.15) is 17.1 Å². The number of hydrogen-bond acceptors (Lipinski definition) is 1. The molecule has 0 bridgehead atoms. The van der Waals surface area contributed by atoms with Gasteiger partial charge in [-0.1, -0.05) is 72.7 Å². The van der Waals surface area contributed by atoms with E-state index in [9.17, 15) is 0 Å². The van der Waals surface area contributed by atoms with Gasteiger partial charge in [0.1, 0.15) is 11.5 Å². The zero-order valence-corrected chi connectivity index (χ0v) is 14.6. The van der Waals surface area contributed by atoms with Crippen molar-refractivity contribution in [3.8, 4) is 28.8 Å². The van der Waals surface area contributed by atoms with Crippen molar-refractivity contribution in [2.75, 3.05) is 0 Å². The lowest BCUT2D eigenvalue weighted by Gasteiger charge is -2.10. The van der Waals surface area contributed by atoms with Crippen LogP contribution in [0.4, 0.5) is 0 Å². The van der Waals surface area contributed by atoms with E-state index in [1.807, 2.05) is 73.7 Å². The van der Waals surface area contributed by atoms with E-state index in [1.165, 1.54) is 0 Å². The van der Waals surface area contributed by atoms with Crippen LogP contribution >= 0.6 is 0 Å². The molecule has 0 fully saturated rings. The number of imidazole rings is 1. The van der Waals surface area contributed by atoms with Crippen molar-refractivity contribution in [1.29, 1.82) is 0 Å². The van der Waals surface area contributed by atoms with E-state index >= 15 is 0 Å². The summed E-state index contributed by atoms with van der Waals surface area (Å²) in [6, 6.07) is 30.6. The van der Waals surface area contributed by atoms with Crippen molar-refractivity contribution >= 4 is 0 Å². The summed E-state index contributed by atoms with van der Waals surface area (Å²) in [5.74, 6) is 7.44. The Morgan fingerprint density at radius 2 is 1.27 bits per heavy atom. The monoisotopic (exact) mass is 334 g/mol. The molecule has 26 heavy (non-hydrogen) atoms. The van der Waals surface area contributed by atoms with Crippen LogP contribution in [0, 0.1) is 18.8 Å². The molecule has 3 aromatic carbocycles. The molecule has 0 amide bonds. The average molecular weight is 334 g/mol. The van der Waals surface area contributed by atoms with Gasteiger partial charge in [0.25, 0.3) is 0 Å². The highest BCUT2D eigenvalue weighted by Gasteiger charge is 2.16. The second-order valence-corrected chi connectivity index (χ2v) is 6.01. The minimum Gasteiger partial charge on any atom is -0.295 e. The van der Waals surface area contributed by atoms with Gasteiger partial charge in [0.15, 0.2) is 0 Å². The largest absolute Gasteiger partial charge is 0.295 e. The third kappa shape index (κ3) is 3.16. The summed E-state index contributed by atoms with van der Waals surface area (Å²) < 4.78 is 2.17. The molecule has 0 saturated carbocycles. The van der Waals surface area contributed by atoms with Crippen molar-refractivity contribution in [2.45, 2.75) is 6.92 Å². The molecule has 2 heteroatoms. The third-order valence-corrected chi connectivity index (χ3v) is 4.21. The number of rotatable bonds is 2. The van der Waals surface area contributed by atoms with E-state index in [0.717, 1.165) is 34.0 Å². The molecule has 1 heterocycles. The summed E-state index contributed by atoms with van der Waals surface area (Å²) >= 11 is 0. The van der Waals surface area contributed by atoms with Crippen LogP contribution < -0.4 is 0 Å². The molecule has 4 aromatic rings. The van der Waals surface area contributed by atoms with Crippen LogP contribution in [0.5, 0.6) is 0 Å². The lowest BCUT2D eigenvalue weighted by Crippen LogP contribution is -1.99. The lowest BCUT2D eigenvalue weighted by atomic mass is 10.1. The van der Waals surface area contributed by atoms with Crippen molar-refractivity contribution in [1.82, 2.24) is 9.55 Å². The maximum Gasteiger partial charge on any atom is 0.140 e. The van der Waals surface area contributed by atoms with Crippen LogP contribution in [0.25, 0.3) is 16.9 Å². The molecule has 4 rings (SSSR count). The predicted octanol–water partition coefficient (Wildman–Crippen LogP) is 5.25. The second-order valence-electron chi connectivity index (χ2n) is 6.01. The summed E-state index contributed by atoms with van der Waals surface area (Å²) in [7, 11) is 0. The average Bonchev–Trinajstić information content (AvgIpc) is 3.04. The number of para-hydroxylation sites is 1. The first-order valence-corrected chi connectivity index (χ1v) is 8.60. The Morgan fingerprint density at radius 1 is 0.692 bits per heavy atom. The van der Waals surface area contributed by atoms with Gasteiger partial charge < -0.3 is 0 Å². The Bertz CT molecular complexity index is 1070. The maximum atomic E-state index is 4.77. The SMILES string of the molecule is Cc1nc(C#Cc2ccccc2)c(-c2ccccc2)n1-c1ccccc1. The number of benzene rings is 3. The Labute approximate surface area is 153 Å². The summed E-state index contributed by atoms with van der Waals surface area (Å²) in [6.45, 7) is 2.02. The van der Waals surface area contributed by atoms with Gasteiger partial charge in [-0.15, -0.1) is 0 Å². The molecule has 0 saturated heterocycles. The van der Waals surface area contributed by atoms with Gasteiger partial charge in [-0.05, 0) is 37.1 Å². The smallest absolute Gasteiger partial charge is 0.140 e. The van der Waals surface area contributed by atoms with Crippen LogP contribution in [0.2, 0.25) is 0 Å². The number of aromatic nitrogens is 2. The summed E-state index contributed by atoms with van der Waals surface area (Å²) in [6.07, 6.45) is 0. The van der Waals surface area contributed by atoms with Crippen molar-refractivity contribution < 1.29 is 0 Å². The summed E-state index contributed by atoms with van der Waals surface area (Å²) in [5.41, 5.74) is 5.00. The molecule has 2 nitrogen and oxygen atoms in total. The summed E-state index contributed by atoms with van der Waals surface area (Å²) in [4.78, 5) is 4.77. The summed E-state index contributed by atoms with van der Waals surface area (Å²) in [5, 5.41) is 0. The number of hydrogen-bond donors (Lipinski definition) is 0. The van der Waals surface area contributed by atoms with Gasteiger partial charge in [0.05, 0.1) is 5.69 Å². The first-order valence-electron chi connectivity index (χ1n) is 8.60. The van der Waals surface area contributed by atoms with E-state index in [1.54, 1.807) is 0 Å². The fourth-order valence-corrected chi connectivity index (χ4v) is 3.03. The van der Waals surface area contributed by atoms with E-state index < -0.39 is 0 Å². The number of aryl methyl sites for hydroxylation is 1. The fraction of sp³-hybridized carbons (Fsp3) is 0.0417. The molecule has 0 atom stereocenters. The molecule has 124 valence electrons. The third-order valence-electron chi connectivity index (χ3n) is 4.21. The first kappa shape index (κ1) is 15.9. The van der Waals surface area contributed by atoms with Gasteiger partial charge in [0, 0.05) is 16.8 Å². The molecule has 0 spiro atoms. The van der Waals surface area contributed by atoms with Gasteiger partial charge in [0.2, 0.25) is 0 Å². The van der Waals surface area contributed by atoms with Gasteiger partial charge in [-0.3, -0.25) is 4.57 Å². The predicted molar refractivity (Wildman–Crippen MR) is 106 cm³/mol. The molecule has 0 aliphatic heterocycles. The molecule has 0 N–H and O–H groups in total. The van der Waals surface area contributed by atoms with Crippen molar-refractivity contribution in [3.05, 3.63) is 108 Å². The molecular weight excluding hydrogens is 316 g/mol. The van der Waals surface area contributed by atoms with E-state index in [0.29, 0.717) is 0 Å². The van der Waals surface area contributed by atoms with Gasteiger partial charge >= 0.3 is 0 Å². The number of nitrogens with zero attached hydrogens (tertiary/aromatic N) is 2.